The fourth-order valence-electron chi connectivity index (χ4n) is 2.84. The molecule has 3 rings (SSSR count). The number of nitrogens with one attached hydrogen (secondary N) is 3. The molecule has 3 aromatic rings. The third-order valence-corrected chi connectivity index (χ3v) is 4.38. The minimum atomic E-state index is -0.119. The molecule has 0 atom stereocenters. The van der Waals surface area contributed by atoms with E-state index >= 15 is 0 Å². The Morgan fingerprint density at radius 2 is 1.59 bits per heavy atom. The second-order valence-electron chi connectivity index (χ2n) is 6.46. The van der Waals surface area contributed by atoms with E-state index in [9.17, 15) is 4.79 Å². The van der Waals surface area contributed by atoms with Crippen molar-refractivity contribution in [1.82, 2.24) is 20.6 Å². The molecule has 0 spiro atoms. The minimum absolute atomic E-state index is 0.119. The summed E-state index contributed by atoms with van der Waals surface area (Å²) in [5.74, 6) is 0.867. The number of H-pyrrole nitrogens is 1. The van der Waals surface area contributed by atoms with Gasteiger partial charge < -0.3 is 15.6 Å². The average Bonchev–Trinajstić information content (AvgIpc) is 3.18. The van der Waals surface area contributed by atoms with Crippen molar-refractivity contribution in [2.45, 2.75) is 26.2 Å². The highest BCUT2D eigenvalue weighted by Gasteiger charge is 2.06. The van der Waals surface area contributed by atoms with Crippen molar-refractivity contribution < 1.29 is 4.79 Å². The second kappa shape index (κ2) is 9.57. The Bertz CT molecular complexity index is 840. The van der Waals surface area contributed by atoms with Crippen molar-refractivity contribution in [3.05, 3.63) is 66.6 Å². The first-order valence-electron chi connectivity index (χ1n) is 9.48. The van der Waals surface area contributed by atoms with E-state index < -0.39 is 0 Å². The van der Waals surface area contributed by atoms with E-state index in [0.717, 1.165) is 29.9 Å². The maximum absolute atomic E-state index is 11.6. The zero-order valence-electron chi connectivity index (χ0n) is 15.7. The number of nitrogens with zero attached hydrogens (tertiary/aromatic N) is 1. The summed E-state index contributed by atoms with van der Waals surface area (Å²) in [6.07, 6.45) is 4.65. The van der Waals surface area contributed by atoms with Crippen LogP contribution < -0.4 is 10.6 Å². The Morgan fingerprint density at radius 3 is 2.33 bits per heavy atom. The first-order valence-corrected chi connectivity index (χ1v) is 9.48. The number of unbranched alkanes of at least 4 members (excludes halogenated alkanes) is 1. The molecule has 2 aromatic carbocycles. The van der Waals surface area contributed by atoms with Gasteiger partial charge in [-0.05, 0) is 17.5 Å². The van der Waals surface area contributed by atoms with Crippen LogP contribution in [0.5, 0.6) is 0 Å². The highest BCUT2D eigenvalue weighted by Crippen LogP contribution is 2.23. The van der Waals surface area contributed by atoms with Crippen LogP contribution >= 0.6 is 0 Å². The van der Waals surface area contributed by atoms with Crippen LogP contribution in [0, 0.1) is 0 Å². The van der Waals surface area contributed by atoms with Crippen LogP contribution in [0.3, 0.4) is 0 Å². The van der Waals surface area contributed by atoms with Crippen molar-refractivity contribution in [3.8, 4) is 22.4 Å². The lowest BCUT2D eigenvalue weighted by Crippen LogP contribution is -2.37. The Morgan fingerprint density at radius 1 is 0.926 bits per heavy atom. The maximum atomic E-state index is 11.6. The molecule has 0 radical (unpaired) electrons. The lowest BCUT2D eigenvalue weighted by Gasteiger charge is -2.05. The fraction of sp³-hybridized carbons (Fsp3) is 0.273. The fourth-order valence-corrected chi connectivity index (χ4v) is 2.84. The van der Waals surface area contributed by atoms with Gasteiger partial charge in [0.15, 0.2) is 0 Å². The van der Waals surface area contributed by atoms with Gasteiger partial charge in [0.25, 0.3) is 0 Å². The normalized spacial score (nSPS) is 10.6. The van der Waals surface area contributed by atoms with Crippen LogP contribution in [0.1, 0.15) is 25.6 Å². The molecular weight excluding hydrogens is 336 g/mol. The van der Waals surface area contributed by atoms with E-state index in [1.165, 1.54) is 11.1 Å². The molecule has 2 amide bonds. The molecule has 0 saturated heterocycles. The maximum Gasteiger partial charge on any atom is 0.314 e. The molecule has 5 nitrogen and oxygen atoms in total. The lowest BCUT2D eigenvalue weighted by molar-refractivity contribution is 0.241. The number of urea groups is 1. The highest BCUT2D eigenvalue weighted by molar-refractivity contribution is 5.73. The standard InChI is InChI=1S/C22H26N4O/c1-2-3-14-23-22(27)24-15-13-21-25-16-20(26-21)19-11-9-18(10-12-19)17-7-5-4-6-8-17/h4-12,16H,2-3,13-15H2,1H3,(H,25,26)(H2,23,24,27). The molecule has 0 aliphatic carbocycles. The summed E-state index contributed by atoms with van der Waals surface area (Å²) < 4.78 is 0. The number of amides is 2. The highest BCUT2D eigenvalue weighted by atomic mass is 16.2. The predicted octanol–water partition coefficient (Wildman–Crippen LogP) is 4.39. The molecule has 1 heterocycles. The van der Waals surface area contributed by atoms with Crippen LogP contribution in [0.4, 0.5) is 4.79 Å². The van der Waals surface area contributed by atoms with Crippen molar-refractivity contribution in [2.75, 3.05) is 13.1 Å². The Labute approximate surface area is 160 Å². The predicted molar refractivity (Wildman–Crippen MR) is 109 cm³/mol. The number of imidazole rings is 1. The molecular formula is C22H26N4O. The number of aromatic nitrogens is 2. The number of benzene rings is 2. The molecule has 5 heteroatoms. The summed E-state index contributed by atoms with van der Waals surface area (Å²) in [4.78, 5) is 19.5. The van der Waals surface area contributed by atoms with Gasteiger partial charge in [0.1, 0.15) is 5.82 Å². The van der Waals surface area contributed by atoms with Gasteiger partial charge in [-0.15, -0.1) is 0 Å². The summed E-state index contributed by atoms with van der Waals surface area (Å²) in [6.45, 7) is 3.37. The molecule has 0 aliphatic rings. The van der Waals surface area contributed by atoms with E-state index in [1.807, 2.05) is 24.4 Å². The van der Waals surface area contributed by atoms with Gasteiger partial charge in [0.05, 0.1) is 5.69 Å². The number of carbonyl (C=O) groups is 1. The van der Waals surface area contributed by atoms with Crippen molar-refractivity contribution >= 4 is 6.03 Å². The summed E-state index contributed by atoms with van der Waals surface area (Å²) in [7, 11) is 0. The Kier molecular flexibility index (Phi) is 6.63. The van der Waals surface area contributed by atoms with Gasteiger partial charge >= 0.3 is 6.03 Å². The van der Waals surface area contributed by atoms with Crippen LogP contribution in [0.25, 0.3) is 22.4 Å². The molecule has 0 bridgehead atoms. The third-order valence-electron chi connectivity index (χ3n) is 4.38. The van der Waals surface area contributed by atoms with E-state index in [4.69, 9.17) is 0 Å². The topological polar surface area (TPSA) is 69.8 Å². The number of hydrogen-bond acceptors (Lipinski definition) is 2. The van der Waals surface area contributed by atoms with Crippen LogP contribution in [-0.4, -0.2) is 29.1 Å². The first-order chi connectivity index (χ1) is 13.3. The molecule has 0 fully saturated rings. The Hall–Kier alpha value is -3.08. The number of aromatic amines is 1. The molecule has 3 N–H and O–H groups in total. The number of carbonyl (C=O) groups excluding carboxylic acids is 1. The van der Waals surface area contributed by atoms with Crippen molar-refractivity contribution in [1.29, 1.82) is 0 Å². The summed E-state index contributed by atoms with van der Waals surface area (Å²) in [5.41, 5.74) is 4.38. The Balaban J connectivity index is 1.52. The monoisotopic (exact) mass is 362 g/mol. The van der Waals surface area contributed by atoms with Gasteiger partial charge in [-0.25, -0.2) is 9.78 Å². The molecule has 0 saturated carbocycles. The number of rotatable bonds is 8. The van der Waals surface area contributed by atoms with E-state index in [2.05, 4.69) is 63.9 Å². The number of hydrogen-bond donors (Lipinski definition) is 3. The van der Waals surface area contributed by atoms with Crippen LogP contribution in [0.2, 0.25) is 0 Å². The van der Waals surface area contributed by atoms with E-state index in [-0.39, 0.29) is 6.03 Å². The van der Waals surface area contributed by atoms with Crippen molar-refractivity contribution in [2.24, 2.45) is 0 Å². The van der Waals surface area contributed by atoms with Gasteiger partial charge in [-0.3, -0.25) is 0 Å². The van der Waals surface area contributed by atoms with Crippen molar-refractivity contribution in [3.63, 3.8) is 0 Å². The average molecular weight is 362 g/mol. The summed E-state index contributed by atoms with van der Waals surface area (Å²) in [6, 6.07) is 18.6. The molecule has 0 aliphatic heterocycles. The SMILES string of the molecule is CCCCNC(=O)NCCc1nc(-c2ccc(-c3ccccc3)cc2)c[nH]1. The zero-order valence-corrected chi connectivity index (χ0v) is 15.7. The van der Waals surface area contributed by atoms with Gasteiger partial charge in [-0.1, -0.05) is 67.9 Å². The third kappa shape index (κ3) is 5.45. The van der Waals surface area contributed by atoms with Gasteiger partial charge in [0, 0.05) is 31.3 Å². The summed E-state index contributed by atoms with van der Waals surface area (Å²) >= 11 is 0. The lowest BCUT2D eigenvalue weighted by atomic mass is 10.0. The van der Waals surface area contributed by atoms with Gasteiger partial charge in [0.2, 0.25) is 0 Å². The molecule has 1 aromatic heterocycles. The molecule has 0 unspecified atom stereocenters. The molecule has 27 heavy (non-hydrogen) atoms. The first kappa shape index (κ1) is 18.7. The smallest absolute Gasteiger partial charge is 0.314 e. The minimum Gasteiger partial charge on any atom is -0.348 e. The summed E-state index contributed by atoms with van der Waals surface area (Å²) in [5, 5.41) is 5.69. The quantitative estimate of drug-likeness (QED) is 0.520. The van der Waals surface area contributed by atoms with Crippen LogP contribution in [-0.2, 0) is 6.42 Å². The van der Waals surface area contributed by atoms with Crippen LogP contribution in [0.15, 0.2) is 60.8 Å². The largest absolute Gasteiger partial charge is 0.348 e. The zero-order chi connectivity index (χ0) is 18.9. The van der Waals surface area contributed by atoms with E-state index in [0.29, 0.717) is 19.5 Å². The molecule has 140 valence electrons. The van der Waals surface area contributed by atoms with E-state index in [1.54, 1.807) is 0 Å². The van der Waals surface area contributed by atoms with Gasteiger partial charge in [-0.2, -0.15) is 0 Å². The second-order valence-corrected chi connectivity index (χ2v) is 6.46.